The molecule has 1 aromatic rings. The van der Waals surface area contributed by atoms with Crippen molar-refractivity contribution in [2.24, 2.45) is 0 Å². The molecule has 1 aliphatic heterocycles. The van der Waals surface area contributed by atoms with Crippen LogP contribution in [0, 0.1) is 10.1 Å². The molecule has 0 bridgehead atoms. The Hall–Kier alpha value is -0.850. The minimum Gasteiger partial charge on any atom is -0.304 e. The first-order valence-corrected chi connectivity index (χ1v) is 6.58. The maximum atomic E-state index is 11.8. The Morgan fingerprint density at radius 3 is 2.67 bits per heavy atom. The third-order valence-corrected chi connectivity index (χ3v) is 3.67. The Morgan fingerprint density at radius 1 is 1.50 bits per heavy atom. The van der Waals surface area contributed by atoms with Crippen LogP contribution in [0.4, 0.5) is 11.4 Å². The molecule has 18 heavy (non-hydrogen) atoms. The number of anilines is 1. The second-order valence-corrected chi connectivity index (χ2v) is 5.73. The van der Waals surface area contributed by atoms with Crippen LogP contribution < -0.4 is 4.90 Å². The lowest BCUT2D eigenvalue weighted by Crippen LogP contribution is -2.25. The predicted octanol–water partition coefficient (Wildman–Crippen LogP) is 3.35. The number of hydrogen-bond donors (Lipinski definition) is 0. The molecule has 1 amide bonds. The van der Waals surface area contributed by atoms with Gasteiger partial charge in [-0.15, -0.1) is 11.6 Å². The Morgan fingerprint density at radius 2 is 2.17 bits per heavy atom. The van der Waals surface area contributed by atoms with Crippen molar-refractivity contribution in [1.82, 2.24) is 0 Å². The van der Waals surface area contributed by atoms with E-state index < -0.39 is 4.92 Å². The molecule has 0 spiro atoms. The minimum atomic E-state index is -0.569. The highest BCUT2D eigenvalue weighted by Crippen LogP contribution is 2.40. The molecule has 96 valence electrons. The molecule has 1 atom stereocenters. The molecular formula is C10H7BrCl2N2O3. The van der Waals surface area contributed by atoms with Crippen LogP contribution >= 0.6 is 39.1 Å². The van der Waals surface area contributed by atoms with Crippen LogP contribution in [-0.2, 0) is 4.79 Å². The Labute approximate surface area is 121 Å². The largest absolute Gasteiger partial charge is 0.304 e. The first kappa shape index (κ1) is 13.6. The molecule has 0 aliphatic carbocycles. The van der Waals surface area contributed by atoms with Gasteiger partial charge in [-0.3, -0.25) is 14.9 Å². The normalized spacial score (nSPS) is 19.4. The predicted molar refractivity (Wildman–Crippen MR) is 72.4 cm³/mol. The third kappa shape index (κ3) is 2.46. The lowest BCUT2D eigenvalue weighted by molar-refractivity contribution is -0.384. The van der Waals surface area contributed by atoms with Crippen molar-refractivity contribution < 1.29 is 9.72 Å². The molecule has 0 N–H and O–H groups in total. The highest BCUT2D eigenvalue weighted by atomic mass is 79.9. The average molecular weight is 354 g/mol. The van der Waals surface area contributed by atoms with Crippen LogP contribution in [0.25, 0.3) is 0 Å². The molecule has 0 aromatic heterocycles. The molecule has 1 saturated heterocycles. The van der Waals surface area contributed by atoms with E-state index in [4.69, 9.17) is 23.2 Å². The van der Waals surface area contributed by atoms with Gasteiger partial charge in [0.2, 0.25) is 5.91 Å². The van der Waals surface area contributed by atoms with Gasteiger partial charge in [0.1, 0.15) is 5.69 Å². The van der Waals surface area contributed by atoms with E-state index in [0.29, 0.717) is 4.47 Å². The molecule has 1 heterocycles. The van der Waals surface area contributed by atoms with Gasteiger partial charge in [-0.2, -0.15) is 0 Å². The van der Waals surface area contributed by atoms with E-state index in [2.05, 4.69) is 15.9 Å². The summed E-state index contributed by atoms with van der Waals surface area (Å²) in [5.41, 5.74) is -0.00829. The fourth-order valence-corrected chi connectivity index (χ4v) is 3.12. The van der Waals surface area contributed by atoms with E-state index in [0.717, 1.165) is 0 Å². The number of alkyl halides is 1. The van der Waals surface area contributed by atoms with Crippen molar-refractivity contribution in [2.75, 3.05) is 11.4 Å². The first-order valence-electron chi connectivity index (χ1n) is 4.98. The number of carbonyl (C=O) groups is 1. The minimum absolute atomic E-state index is 0.174. The van der Waals surface area contributed by atoms with Crippen LogP contribution in [0.15, 0.2) is 16.6 Å². The molecule has 1 aromatic carbocycles. The van der Waals surface area contributed by atoms with Crippen molar-refractivity contribution in [3.8, 4) is 0 Å². The van der Waals surface area contributed by atoms with E-state index in [1.54, 1.807) is 0 Å². The monoisotopic (exact) mass is 352 g/mol. The second kappa shape index (κ2) is 5.03. The zero-order valence-corrected chi connectivity index (χ0v) is 12.0. The maximum Gasteiger partial charge on any atom is 0.295 e. The van der Waals surface area contributed by atoms with Crippen LogP contribution in [0.3, 0.4) is 0 Å². The molecule has 2 rings (SSSR count). The summed E-state index contributed by atoms with van der Waals surface area (Å²) in [5, 5.41) is 10.9. The molecular weight excluding hydrogens is 347 g/mol. The summed E-state index contributed by atoms with van der Waals surface area (Å²) in [4.78, 5) is 23.5. The SMILES string of the molecule is O=C1CC(Cl)CN1c1c(Br)cc(Cl)cc1[N+](=O)[O-]. The van der Waals surface area contributed by atoms with Crippen LogP contribution in [0.5, 0.6) is 0 Å². The lowest BCUT2D eigenvalue weighted by atomic mass is 10.2. The Bertz CT molecular complexity index is 538. The number of halogens is 3. The number of carbonyl (C=O) groups excluding carboxylic acids is 1. The standard InChI is InChI=1S/C10H7BrCl2N2O3/c11-7-1-5(12)2-8(15(17)18)10(7)14-4-6(13)3-9(14)16/h1-2,6H,3-4H2. The summed E-state index contributed by atoms with van der Waals surface area (Å²) in [5.74, 6) is -0.235. The number of nitro benzene ring substituents is 1. The zero-order chi connectivity index (χ0) is 13.4. The van der Waals surface area contributed by atoms with E-state index in [9.17, 15) is 14.9 Å². The van der Waals surface area contributed by atoms with E-state index in [1.165, 1.54) is 17.0 Å². The van der Waals surface area contributed by atoms with Gasteiger partial charge in [0.15, 0.2) is 0 Å². The van der Waals surface area contributed by atoms with Crippen molar-refractivity contribution in [3.05, 3.63) is 31.7 Å². The third-order valence-electron chi connectivity index (χ3n) is 2.55. The summed E-state index contributed by atoms with van der Waals surface area (Å²) in [6.45, 7) is 0.251. The van der Waals surface area contributed by atoms with E-state index >= 15 is 0 Å². The van der Waals surface area contributed by atoms with Crippen molar-refractivity contribution in [2.45, 2.75) is 11.8 Å². The number of benzene rings is 1. The van der Waals surface area contributed by atoms with Crippen molar-refractivity contribution in [3.63, 3.8) is 0 Å². The maximum absolute atomic E-state index is 11.8. The average Bonchev–Trinajstić information content (AvgIpc) is 2.56. The highest BCUT2D eigenvalue weighted by Gasteiger charge is 2.35. The van der Waals surface area contributed by atoms with Gasteiger partial charge in [-0.1, -0.05) is 11.6 Å². The van der Waals surface area contributed by atoms with Crippen LogP contribution in [0.2, 0.25) is 5.02 Å². The molecule has 1 unspecified atom stereocenters. The summed E-state index contributed by atoms with van der Waals surface area (Å²) in [6, 6.07) is 2.73. The zero-order valence-electron chi connectivity index (χ0n) is 8.90. The van der Waals surface area contributed by atoms with Gasteiger partial charge < -0.3 is 4.90 Å². The van der Waals surface area contributed by atoms with Crippen LogP contribution in [0.1, 0.15) is 6.42 Å². The fraction of sp³-hybridized carbons (Fsp3) is 0.300. The second-order valence-electron chi connectivity index (χ2n) is 3.82. The number of rotatable bonds is 2. The molecule has 1 fully saturated rings. The Kier molecular flexibility index (Phi) is 3.79. The fourth-order valence-electron chi connectivity index (χ4n) is 1.84. The number of nitro groups is 1. The topological polar surface area (TPSA) is 63.5 Å². The van der Waals surface area contributed by atoms with Gasteiger partial charge >= 0.3 is 0 Å². The number of nitrogens with zero attached hydrogens (tertiary/aromatic N) is 2. The quantitative estimate of drug-likeness (QED) is 0.465. The summed E-state index contributed by atoms with van der Waals surface area (Å²) >= 11 is 14.9. The highest BCUT2D eigenvalue weighted by molar-refractivity contribution is 9.10. The van der Waals surface area contributed by atoms with Gasteiger partial charge in [0.25, 0.3) is 5.69 Å². The summed E-state index contributed by atoms with van der Waals surface area (Å²) < 4.78 is 0.404. The molecule has 8 heteroatoms. The smallest absolute Gasteiger partial charge is 0.295 e. The van der Waals surface area contributed by atoms with E-state index in [1.807, 2.05) is 0 Å². The summed E-state index contributed by atoms with van der Waals surface area (Å²) in [7, 11) is 0. The van der Waals surface area contributed by atoms with Gasteiger partial charge in [-0.25, -0.2) is 0 Å². The van der Waals surface area contributed by atoms with Gasteiger partial charge in [0.05, 0.1) is 10.3 Å². The molecule has 0 radical (unpaired) electrons. The van der Waals surface area contributed by atoms with Crippen molar-refractivity contribution >= 4 is 56.4 Å². The number of amides is 1. The Balaban J connectivity index is 2.56. The van der Waals surface area contributed by atoms with E-state index in [-0.39, 0.29) is 40.6 Å². The first-order chi connectivity index (χ1) is 8.40. The number of hydrogen-bond acceptors (Lipinski definition) is 3. The molecule has 0 saturated carbocycles. The van der Waals surface area contributed by atoms with Gasteiger partial charge in [-0.05, 0) is 22.0 Å². The lowest BCUT2D eigenvalue weighted by Gasteiger charge is -2.17. The molecule has 5 nitrogen and oxygen atoms in total. The molecule has 1 aliphatic rings. The summed E-state index contributed by atoms with van der Waals surface area (Å²) in [6.07, 6.45) is 0.174. The van der Waals surface area contributed by atoms with Crippen LogP contribution in [-0.4, -0.2) is 22.8 Å². The van der Waals surface area contributed by atoms with Gasteiger partial charge in [0, 0.05) is 28.5 Å². The van der Waals surface area contributed by atoms with Crippen molar-refractivity contribution in [1.29, 1.82) is 0 Å².